The second-order valence-electron chi connectivity index (χ2n) is 6.24. The first-order valence-electron chi connectivity index (χ1n) is 8.79. The molecular weight excluding hydrogens is 360 g/mol. The first kappa shape index (κ1) is 19.0. The molecule has 1 heterocycles. The Bertz CT molecular complexity index is 887. The molecule has 0 saturated heterocycles. The number of thioether (sulfide) groups is 1. The van der Waals surface area contributed by atoms with Gasteiger partial charge in [0.2, 0.25) is 0 Å². The van der Waals surface area contributed by atoms with Crippen LogP contribution >= 0.6 is 11.8 Å². The number of benzene rings is 2. The SMILES string of the molecule is CCCN1C(=O)COc2ccc(C(=O)CSCc3ccc(C#N)cc3)cc21. The molecular formula is C21H20N2O3S. The smallest absolute Gasteiger partial charge is 0.265 e. The molecule has 0 aliphatic carbocycles. The van der Waals surface area contributed by atoms with E-state index in [4.69, 9.17) is 10.00 Å². The summed E-state index contributed by atoms with van der Waals surface area (Å²) in [5, 5.41) is 8.82. The molecule has 1 aliphatic heterocycles. The first-order valence-corrected chi connectivity index (χ1v) is 9.95. The van der Waals surface area contributed by atoms with Crippen molar-refractivity contribution in [2.75, 3.05) is 23.8 Å². The molecule has 5 nitrogen and oxygen atoms in total. The minimum atomic E-state index is -0.0795. The summed E-state index contributed by atoms with van der Waals surface area (Å²) in [6, 6.07) is 14.7. The number of Topliss-reactive ketones (excluding diaryl/α,β-unsaturated/α-hetero) is 1. The number of anilines is 1. The summed E-state index contributed by atoms with van der Waals surface area (Å²) < 4.78 is 5.47. The van der Waals surface area contributed by atoms with Crippen LogP contribution in [0.3, 0.4) is 0 Å². The van der Waals surface area contributed by atoms with Crippen LogP contribution in [0.15, 0.2) is 42.5 Å². The van der Waals surface area contributed by atoms with Crippen molar-refractivity contribution >= 4 is 29.1 Å². The van der Waals surface area contributed by atoms with Gasteiger partial charge in [-0.25, -0.2) is 0 Å². The molecule has 0 fully saturated rings. The topological polar surface area (TPSA) is 70.4 Å². The van der Waals surface area contributed by atoms with Gasteiger partial charge in [-0.05, 0) is 42.3 Å². The van der Waals surface area contributed by atoms with Gasteiger partial charge in [0.25, 0.3) is 5.91 Å². The number of carbonyl (C=O) groups excluding carboxylic acids is 2. The number of hydrogen-bond acceptors (Lipinski definition) is 5. The number of nitrogens with zero attached hydrogens (tertiary/aromatic N) is 2. The zero-order chi connectivity index (χ0) is 19.2. The number of hydrogen-bond donors (Lipinski definition) is 0. The van der Waals surface area contributed by atoms with Crippen LogP contribution in [0.2, 0.25) is 0 Å². The molecule has 2 aromatic carbocycles. The third-order valence-electron chi connectivity index (χ3n) is 4.26. The molecule has 0 unspecified atom stereocenters. The fourth-order valence-electron chi connectivity index (χ4n) is 2.86. The molecule has 0 atom stereocenters. The first-order chi connectivity index (χ1) is 13.1. The predicted molar refractivity (Wildman–Crippen MR) is 106 cm³/mol. The number of nitriles is 1. The molecule has 27 heavy (non-hydrogen) atoms. The summed E-state index contributed by atoms with van der Waals surface area (Å²) in [6.07, 6.45) is 0.837. The van der Waals surface area contributed by atoms with E-state index >= 15 is 0 Å². The van der Waals surface area contributed by atoms with Crippen molar-refractivity contribution < 1.29 is 14.3 Å². The third-order valence-corrected chi connectivity index (χ3v) is 5.26. The van der Waals surface area contributed by atoms with E-state index < -0.39 is 0 Å². The molecule has 138 valence electrons. The zero-order valence-electron chi connectivity index (χ0n) is 15.1. The van der Waals surface area contributed by atoms with Crippen molar-refractivity contribution in [3.63, 3.8) is 0 Å². The number of amides is 1. The lowest BCUT2D eigenvalue weighted by atomic mass is 10.1. The molecule has 0 bridgehead atoms. The molecule has 1 aliphatic rings. The highest BCUT2D eigenvalue weighted by atomic mass is 32.2. The largest absolute Gasteiger partial charge is 0.482 e. The summed E-state index contributed by atoms with van der Waals surface area (Å²) in [4.78, 5) is 26.3. The van der Waals surface area contributed by atoms with Crippen LogP contribution in [-0.2, 0) is 10.5 Å². The van der Waals surface area contributed by atoms with E-state index in [9.17, 15) is 9.59 Å². The van der Waals surface area contributed by atoms with E-state index in [0.29, 0.717) is 40.6 Å². The molecule has 0 saturated carbocycles. The van der Waals surface area contributed by atoms with Crippen LogP contribution in [0.25, 0.3) is 0 Å². The highest BCUT2D eigenvalue weighted by molar-refractivity contribution is 7.99. The monoisotopic (exact) mass is 380 g/mol. The van der Waals surface area contributed by atoms with Crippen LogP contribution in [0.4, 0.5) is 5.69 Å². The van der Waals surface area contributed by atoms with Crippen molar-refractivity contribution in [1.29, 1.82) is 5.26 Å². The van der Waals surface area contributed by atoms with E-state index in [2.05, 4.69) is 6.07 Å². The minimum absolute atomic E-state index is 0.0194. The number of rotatable bonds is 7. The van der Waals surface area contributed by atoms with Crippen LogP contribution < -0.4 is 9.64 Å². The lowest BCUT2D eigenvalue weighted by Crippen LogP contribution is -2.39. The summed E-state index contributed by atoms with van der Waals surface area (Å²) in [7, 11) is 0. The van der Waals surface area contributed by atoms with Gasteiger partial charge in [-0.1, -0.05) is 19.1 Å². The maximum atomic E-state index is 12.6. The van der Waals surface area contributed by atoms with E-state index in [1.54, 1.807) is 35.2 Å². The van der Waals surface area contributed by atoms with Gasteiger partial charge < -0.3 is 9.64 Å². The summed E-state index contributed by atoms with van der Waals surface area (Å²) in [5.74, 6) is 1.63. The van der Waals surface area contributed by atoms with Gasteiger partial charge in [-0.2, -0.15) is 5.26 Å². The molecule has 0 spiro atoms. The summed E-state index contributed by atoms with van der Waals surface area (Å²) in [5.41, 5.74) is 2.96. The van der Waals surface area contributed by atoms with Gasteiger partial charge in [-0.3, -0.25) is 9.59 Å². The van der Waals surface area contributed by atoms with Crippen LogP contribution in [0, 0.1) is 11.3 Å². The summed E-state index contributed by atoms with van der Waals surface area (Å²) >= 11 is 1.53. The average molecular weight is 380 g/mol. The third kappa shape index (κ3) is 4.50. The number of carbonyl (C=O) groups is 2. The maximum absolute atomic E-state index is 12.6. The maximum Gasteiger partial charge on any atom is 0.265 e. The normalized spacial score (nSPS) is 12.9. The molecule has 0 aromatic heterocycles. The van der Waals surface area contributed by atoms with Gasteiger partial charge in [0.15, 0.2) is 12.4 Å². The second kappa shape index (κ2) is 8.74. The number of ketones is 1. The van der Waals surface area contributed by atoms with Gasteiger partial charge in [0.1, 0.15) is 5.75 Å². The zero-order valence-corrected chi connectivity index (χ0v) is 15.9. The van der Waals surface area contributed by atoms with Crippen molar-refractivity contribution in [2.45, 2.75) is 19.1 Å². The van der Waals surface area contributed by atoms with E-state index in [1.165, 1.54) is 11.8 Å². The Morgan fingerprint density at radius 3 is 2.74 bits per heavy atom. The van der Waals surface area contributed by atoms with Crippen molar-refractivity contribution in [3.8, 4) is 11.8 Å². The Kier molecular flexibility index (Phi) is 6.15. The Morgan fingerprint density at radius 2 is 2.04 bits per heavy atom. The fourth-order valence-corrected chi connectivity index (χ4v) is 3.75. The fraction of sp³-hybridized carbons (Fsp3) is 0.286. The standard InChI is InChI=1S/C21H20N2O3S/c1-2-9-23-18-10-17(7-8-20(18)26-12-21(23)25)19(24)14-27-13-16-5-3-15(11-22)4-6-16/h3-8,10H,2,9,12-14H2,1H3. The van der Waals surface area contributed by atoms with Crippen molar-refractivity contribution in [1.82, 2.24) is 0 Å². The Labute approximate surface area is 162 Å². The summed E-state index contributed by atoms with van der Waals surface area (Å²) in [6.45, 7) is 2.66. The predicted octanol–water partition coefficient (Wildman–Crippen LogP) is 3.81. The highest BCUT2D eigenvalue weighted by Crippen LogP contribution is 2.33. The second-order valence-corrected chi connectivity index (χ2v) is 7.23. The van der Waals surface area contributed by atoms with E-state index in [1.807, 2.05) is 19.1 Å². The molecule has 6 heteroatoms. The van der Waals surface area contributed by atoms with Crippen LogP contribution in [0.5, 0.6) is 5.75 Å². The van der Waals surface area contributed by atoms with E-state index in [0.717, 1.165) is 12.0 Å². The number of ether oxygens (including phenoxy) is 1. The van der Waals surface area contributed by atoms with Crippen LogP contribution in [0.1, 0.15) is 34.8 Å². The Hall–Kier alpha value is -2.78. The Morgan fingerprint density at radius 1 is 1.26 bits per heavy atom. The van der Waals surface area contributed by atoms with Gasteiger partial charge >= 0.3 is 0 Å². The van der Waals surface area contributed by atoms with Crippen molar-refractivity contribution in [3.05, 3.63) is 59.2 Å². The van der Waals surface area contributed by atoms with Crippen LogP contribution in [-0.4, -0.2) is 30.6 Å². The van der Waals surface area contributed by atoms with Gasteiger partial charge in [0, 0.05) is 17.9 Å². The molecule has 3 rings (SSSR count). The molecule has 2 aromatic rings. The molecule has 0 radical (unpaired) electrons. The highest BCUT2D eigenvalue weighted by Gasteiger charge is 2.25. The van der Waals surface area contributed by atoms with E-state index in [-0.39, 0.29) is 18.3 Å². The molecule has 1 amide bonds. The quantitative estimate of drug-likeness (QED) is 0.683. The lowest BCUT2D eigenvalue weighted by Gasteiger charge is -2.29. The van der Waals surface area contributed by atoms with Gasteiger partial charge in [-0.15, -0.1) is 11.8 Å². The average Bonchev–Trinajstić information content (AvgIpc) is 2.70. The van der Waals surface area contributed by atoms with Crippen molar-refractivity contribution in [2.24, 2.45) is 0 Å². The minimum Gasteiger partial charge on any atom is -0.482 e. The van der Waals surface area contributed by atoms with Gasteiger partial charge in [0.05, 0.1) is 23.1 Å². The Balaban J connectivity index is 1.64. The lowest BCUT2D eigenvalue weighted by molar-refractivity contribution is -0.121. The molecule has 0 N–H and O–H groups in total. The number of fused-ring (bicyclic) bond motifs is 1.